The second kappa shape index (κ2) is 6.02. The molecule has 1 aromatic carbocycles. The molecule has 114 valence electrons. The van der Waals surface area contributed by atoms with Gasteiger partial charge in [-0.2, -0.15) is 0 Å². The zero-order valence-electron chi connectivity index (χ0n) is 12.8. The number of thiocarbonyl (C=S) groups is 1. The number of likely N-dealkylation sites (N-methyl/N-ethyl adjacent to an activating group) is 1. The summed E-state index contributed by atoms with van der Waals surface area (Å²) in [5, 5.41) is 0. The maximum atomic E-state index is 12.6. The lowest BCUT2D eigenvalue weighted by Crippen LogP contribution is -2.45. The monoisotopic (exact) mass is 306 g/mol. The molecule has 2 N–H and O–H groups in total. The van der Waals surface area contributed by atoms with Gasteiger partial charge >= 0.3 is 0 Å². The van der Waals surface area contributed by atoms with Crippen molar-refractivity contribution in [2.45, 2.75) is 32.2 Å². The van der Waals surface area contributed by atoms with Crippen molar-refractivity contribution in [3.63, 3.8) is 0 Å². The summed E-state index contributed by atoms with van der Waals surface area (Å²) >= 11 is 5.06. The Hall–Kier alpha value is -1.62. The molecule has 0 aliphatic heterocycles. The minimum absolute atomic E-state index is 0.0393. The van der Waals surface area contributed by atoms with Gasteiger partial charge < -0.3 is 15.4 Å². The van der Waals surface area contributed by atoms with Crippen LogP contribution < -0.4 is 10.5 Å². The summed E-state index contributed by atoms with van der Waals surface area (Å²) in [5.41, 5.74) is 6.24. The molecule has 1 aliphatic carbocycles. The molecule has 1 unspecified atom stereocenters. The van der Waals surface area contributed by atoms with Crippen LogP contribution in [0.3, 0.4) is 0 Å². The van der Waals surface area contributed by atoms with Crippen LogP contribution in [0.4, 0.5) is 0 Å². The lowest BCUT2D eigenvalue weighted by Gasteiger charge is -2.29. The minimum Gasteiger partial charge on any atom is -0.496 e. The summed E-state index contributed by atoms with van der Waals surface area (Å²) in [6, 6.07) is 7.92. The normalized spacial score (nSPS) is 16.9. The molecule has 1 aliphatic rings. The van der Waals surface area contributed by atoms with Crippen LogP contribution in [0.5, 0.6) is 5.75 Å². The Bertz CT molecular complexity index is 555. The number of carbonyl (C=O) groups excluding carboxylic acids is 1. The van der Waals surface area contributed by atoms with E-state index in [1.165, 1.54) is 0 Å². The largest absolute Gasteiger partial charge is 0.496 e. The Morgan fingerprint density at radius 2 is 2.10 bits per heavy atom. The Labute approximate surface area is 131 Å². The number of rotatable bonds is 6. The van der Waals surface area contributed by atoms with Gasteiger partial charge in [0, 0.05) is 13.1 Å². The van der Waals surface area contributed by atoms with Crippen molar-refractivity contribution in [3.05, 3.63) is 29.8 Å². The van der Waals surface area contributed by atoms with Crippen molar-refractivity contribution < 1.29 is 9.53 Å². The molecule has 0 heterocycles. The van der Waals surface area contributed by atoms with Crippen molar-refractivity contribution in [1.29, 1.82) is 0 Å². The fraction of sp³-hybridized carbons (Fsp3) is 0.500. The van der Waals surface area contributed by atoms with Gasteiger partial charge in [-0.1, -0.05) is 30.4 Å². The minimum atomic E-state index is -0.584. The second-order valence-corrected chi connectivity index (χ2v) is 6.17. The molecule has 1 aromatic rings. The van der Waals surface area contributed by atoms with E-state index in [2.05, 4.69) is 0 Å². The van der Waals surface area contributed by atoms with E-state index in [4.69, 9.17) is 22.7 Å². The first-order valence-corrected chi connectivity index (χ1v) is 7.52. The molecule has 0 spiro atoms. The molecule has 4 nitrogen and oxygen atoms in total. The van der Waals surface area contributed by atoms with E-state index in [9.17, 15) is 4.79 Å². The van der Waals surface area contributed by atoms with E-state index in [1.54, 1.807) is 12.0 Å². The molecule has 21 heavy (non-hydrogen) atoms. The zero-order valence-corrected chi connectivity index (χ0v) is 13.6. The van der Waals surface area contributed by atoms with Crippen molar-refractivity contribution in [2.24, 2.45) is 11.1 Å². The number of benzene rings is 1. The molecule has 5 heteroatoms. The van der Waals surface area contributed by atoms with Gasteiger partial charge in [-0.15, -0.1) is 0 Å². The van der Waals surface area contributed by atoms with E-state index in [1.807, 2.05) is 38.2 Å². The Kier molecular flexibility index (Phi) is 4.52. The van der Waals surface area contributed by atoms with Crippen LogP contribution in [0, 0.1) is 5.41 Å². The van der Waals surface area contributed by atoms with Gasteiger partial charge in [0.05, 0.1) is 17.5 Å². The van der Waals surface area contributed by atoms with E-state index < -0.39 is 5.41 Å². The van der Waals surface area contributed by atoms with E-state index >= 15 is 0 Å². The fourth-order valence-electron chi connectivity index (χ4n) is 2.56. The quantitative estimate of drug-likeness (QED) is 0.818. The average molecular weight is 306 g/mol. The van der Waals surface area contributed by atoms with Gasteiger partial charge in [0.2, 0.25) is 5.91 Å². The van der Waals surface area contributed by atoms with Gasteiger partial charge in [0.1, 0.15) is 5.75 Å². The number of ether oxygens (including phenoxy) is 1. The van der Waals surface area contributed by atoms with E-state index in [-0.39, 0.29) is 11.9 Å². The SMILES string of the molecule is COc1ccccc1CC(C)N(C)C(=O)C1(C(N)=S)CC1. The fourth-order valence-corrected chi connectivity index (χ4v) is 2.85. The molecule has 0 bridgehead atoms. The molecule has 1 amide bonds. The van der Waals surface area contributed by atoms with E-state index in [0.29, 0.717) is 4.99 Å². The van der Waals surface area contributed by atoms with Crippen molar-refractivity contribution in [3.8, 4) is 5.75 Å². The topological polar surface area (TPSA) is 55.6 Å². The number of nitrogens with zero attached hydrogens (tertiary/aromatic N) is 1. The highest BCUT2D eigenvalue weighted by Crippen LogP contribution is 2.47. The average Bonchev–Trinajstić information content (AvgIpc) is 3.28. The molecule has 0 saturated heterocycles. The Balaban J connectivity index is 2.08. The molecular formula is C16H22N2O2S. The van der Waals surface area contributed by atoms with Gasteiger partial charge in [-0.3, -0.25) is 4.79 Å². The van der Waals surface area contributed by atoms with Crippen LogP contribution >= 0.6 is 12.2 Å². The third-order valence-corrected chi connectivity index (χ3v) is 4.71. The number of hydrogen-bond donors (Lipinski definition) is 1. The lowest BCUT2D eigenvalue weighted by atomic mass is 10.0. The first kappa shape index (κ1) is 15.8. The first-order valence-electron chi connectivity index (χ1n) is 7.11. The van der Waals surface area contributed by atoms with Gasteiger partial charge in [0.15, 0.2) is 0 Å². The van der Waals surface area contributed by atoms with Crippen LogP contribution in [0.15, 0.2) is 24.3 Å². The maximum Gasteiger partial charge on any atom is 0.235 e. The van der Waals surface area contributed by atoms with Crippen molar-refractivity contribution >= 4 is 23.1 Å². The number of hydrogen-bond acceptors (Lipinski definition) is 3. The van der Waals surface area contributed by atoms with Crippen molar-refractivity contribution in [1.82, 2.24) is 4.90 Å². The first-order chi connectivity index (χ1) is 9.92. The van der Waals surface area contributed by atoms with Crippen LogP contribution in [0.2, 0.25) is 0 Å². The molecule has 1 fully saturated rings. The van der Waals surface area contributed by atoms with Crippen LogP contribution in [0.1, 0.15) is 25.3 Å². The zero-order chi connectivity index (χ0) is 15.6. The standard InChI is InChI=1S/C16H22N2O2S/c1-11(10-12-6-4-5-7-13(12)20-3)18(2)15(19)16(8-9-16)14(17)21/h4-7,11H,8-10H2,1-3H3,(H2,17,21). The molecule has 1 saturated carbocycles. The van der Waals surface area contributed by atoms with Crippen molar-refractivity contribution in [2.75, 3.05) is 14.2 Å². The highest BCUT2D eigenvalue weighted by molar-refractivity contribution is 7.80. The highest BCUT2D eigenvalue weighted by Gasteiger charge is 2.54. The maximum absolute atomic E-state index is 12.6. The Morgan fingerprint density at radius 1 is 1.48 bits per heavy atom. The molecule has 2 rings (SSSR count). The second-order valence-electron chi connectivity index (χ2n) is 5.73. The molecule has 1 atom stereocenters. The van der Waals surface area contributed by atoms with Crippen LogP contribution in [-0.2, 0) is 11.2 Å². The lowest BCUT2D eigenvalue weighted by molar-refractivity contribution is -0.134. The van der Waals surface area contributed by atoms with Gasteiger partial charge in [0.25, 0.3) is 0 Å². The van der Waals surface area contributed by atoms with E-state index in [0.717, 1.165) is 30.6 Å². The molecule has 0 aromatic heterocycles. The summed E-state index contributed by atoms with van der Waals surface area (Å²) in [4.78, 5) is 14.7. The molecule has 0 radical (unpaired) electrons. The third-order valence-electron chi connectivity index (χ3n) is 4.32. The number of para-hydroxylation sites is 1. The Morgan fingerprint density at radius 3 is 2.62 bits per heavy atom. The van der Waals surface area contributed by atoms with Crippen LogP contribution in [0.25, 0.3) is 0 Å². The highest BCUT2D eigenvalue weighted by atomic mass is 32.1. The van der Waals surface area contributed by atoms with Crippen LogP contribution in [-0.4, -0.2) is 36.0 Å². The number of nitrogens with two attached hydrogens (primary N) is 1. The summed E-state index contributed by atoms with van der Waals surface area (Å²) in [7, 11) is 3.48. The predicted octanol–water partition coefficient (Wildman–Crippen LogP) is 2.15. The van der Waals surface area contributed by atoms with Gasteiger partial charge in [-0.25, -0.2) is 0 Å². The smallest absolute Gasteiger partial charge is 0.235 e. The summed E-state index contributed by atoms with van der Waals surface area (Å²) in [5.74, 6) is 0.887. The van der Waals surface area contributed by atoms with Gasteiger partial charge in [-0.05, 0) is 37.8 Å². The predicted molar refractivity (Wildman–Crippen MR) is 87.4 cm³/mol. The summed E-state index contributed by atoms with van der Waals surface area (Å²) in [6.45, 7) is 2.03. The third kappa shape index (κ3) is 3.02. The number of methoxy groups -OCH3 is 1. The number of amides is 1. The molecular weight excluding hydrogens is 284 g/mol. The summed E-state index contributed by atoms with van der Waals surface area (Å²) < 4.78 is 5.36. The summed E-state index contributed by atoms with van der Waals surface area (Å²) in [6.07, 6.45) is 2.28. The number of carbonyl (C=O) groups is 1.